The van der Waals surface area contributed by atoms with Gasteiger partial charge in [-0.05, 0) is 61.0 Å². The lowest BCUT2D eigenvalue weighted by molar-refractivity contribution is 0.0601. The maximum absolute atomic E-state index is 12.6. The van der Waals surface area contributed by atoms with E-state index in [9.17, 15) is 9.59 Å². The van der Waals surface area contributed by atoms with Crippen molar-refractivity contribution in [3.63, 3.8) is 0 Å². The largest absolute Gasteiger partial charge is 0.494 e. The summed E-state index contributed by atoms with van der Waals surface area (Å²) in [6, 6.07) is 16.8. The number of benzene rings is 3. The number of ether oxygens (including phenoxy) is 3. The van der Waals surface area contributed by atoms with Gasteiger partial charge in [-0.1, -0.05) is 35.3 Å². The van der Waals surface area contributed by atoms with Crippen molar-refractivity contribution in [1.82, 2.24) is 0 Å². The first-order valence-corrected chi connectivity index (χ1v) is 10.5. The SMILES string of the molecule is CCOc1ccc(COc2ccc(NC(=O)c3ccc(Cl)cc3Cl)c(C(=O)OC)c2)cc1. The highest BCUT2D eigenvalue weighted by molar-refractivity contribution is 6.37. The summed E-state index contributed by atoms with van der Waals surface area (Å²) >= 11 is 12.0. The second kappa shape index (κ2) is 10.9. The molecule has 0 aromatic heterocycles. The number of carbonyl (C=O) groups is 2. The van der Waals surface area contributed by atoms with E-state index < -0.39 is 11.9 Å². The van der Waals surface area contributed by atoms with Crippen molar-refractivity contribution in [2.24, 2.45) is 0 Å². The van der Waals surface area contributed by atoms with Crippen molar-refractivity contribution in [2.75, 3.05) is 19.0 Å². The highest BCUT2D eigenvalue weighted by Gasteiger charge is 2.18. The van der Waals surface area contributed by atoms with Crippen LogP contribution in [0.1, 0.15) is 33.2 Å². The quantitative estimate of drug-likeness (QED) is 0.405. The second-order valence-corrected chi connectivity index (χ2v) is 7.49. The molecule has 0 unspecified atom stereocenters. The molecule has 0 radical (unpaired) electrons. The van der Waals surface area contributed by atoms with Crippen molar-refractivity contribution >= 4 is 40.8 Å². The molecular formula is C24H21Cl2NO5. The van der Waals surface area contributed by atoms with Crippen LogP contribution in [-0.4, -0.2) is 25.6 Å². The molecule has 32 heavy (non-hydrogen) atoms. The summed E-state index contributed by atoms with van der Waals surface area (Å²) in [4.78, 5) is 24.9. The van der Waals surface area contributed by atoms with Crippen LogP contribution in [-0.2, 0) is 11.3 Å². The van der Waals surface area contributed by atoms with Gasteiger partial charge in [0.15, 0.2) is 0 Å². The molecule has 3 aromatic rings. The summed E-state index contributed by atoms with van der Waals surface area (Å²) in [5.74, 6) is 0.126. The Hall–Kier alpha value is -3.22. The number of esters is 1. The molecule has 0 bridgehead atoms. The van der Waals surface area contributed by atoms with E-state index in [2.05, 4.69) is 5.32 Å². The average Bonchev–Trinajstić information content (AvgIpc) is 2.79. The van der Waals surface area contributed by atoms with Gasteiger partial charge in [-0.3, -0.25) is 4.79 Å². The van der Waals surface area contributed by atoms with Gasteiger partial charge in [0, 0.05) is 5.02 Å². The van der Waals surface area contributed by atoms with Crippen molar-refractivity contribution in [3.05, 3.63) is 87.4 Å². The fourth-order valence-electron chi connectivity index (χ4n) is 2.88. The summed E-state index contributed by atoms with van der Waals surface area (Å²) in [7, 11) is 1.26. The molecule has 1 N–H and O–H groups in total. The molecule has 0 fully saturated rings. The van der Waals surface area contributed by atoms with Crippen molar-refractivity contribution < 1.29 is 23.8 Å². The van der Waals surface area contributed by atoms with Gasteiger partial charge in [0.05, 0.1) is 35.6 Å². The van der Waals surface area contributed by atoms with Crippen LogP contribution in [0.3, 0.4) is 0 Å². The lowest BCUT2D eigenvalue weighted by Crippen LogP contribution is -2.16. The third-order valence-corrected chi connectivity index (χ3v) is 5.01. The first kappa shape index (κ1) is 23.4. The first-order valence-electron chi connectivity index (χ1n) is 9.74. The van der Waals surface area contributed by atoms with Crippen LogP contribution in [0.15, 0.2) is 60.7 Å². The third-order valence-electron chi connectivity index (χ3n) is 4.46. The van der Waals surface area contributed by atoms with E-state index in [1.165, 1.54) is 25.3 Å². The Morgan fingerprint density at radius 2 is 1.59 bits per heavy atom. The molecular weight excluding hydrogens is 453 g/mol. The minimum absolute atomic E-state index is 0.148. The Balaban J connectivity index is 1.76. The summed E-state index contributed by atoms with van der Waals surface area (Å²) in [6.07, 6.45) is 0. The monoisotopic (exact) mass is 473 g/mol. The van der Waals surface area contributed by atoms with Gasteiger partial charge in [-0.15, -0.1) is 0 Å². The van der Waals surface area contributed by atoms with E-state index in [1.807, 2.05) is 31.2 Å². The maximum Gasteiger partial charge on any atom is 0.340 e. The molecule has 0 atom stereocenters. The molecule has 0 heterocycles. The lowest BCUT2D eigenvalue weighted by Gasteiger charge is -2.13. The van der Waals surface area contributed by atoms with Crippen LogP contribution in [0.4, 0.5) is 5.69 Å². The van der Waals surface area contributed by atoms with Crippen LogP contribution in [0.25, 0.3) is 0 Å². The van der Waals surface area contributed by atoms with Gasteiger partial charge in [0.1, 0.15) is 18.1 Å². The van der Waals surface area contributed by atoms with Crippen molar-refractivity contribution in [1.29, 1.82) is 0 Å². The van der Waals surface area contributed by atoms with E-state index in [4.69, 9.17) is 37.4 Å². The normalized spacial score (nSPS) is 10.4. The zero-order chi connectivity index (χ0) is 23.1. The number of anilines is 1. The Bertz CT molecular complexity index is 1120. The Labute approximate surface area is 196 Å². The molecule has 1 amide bonds. The molecule has 0 aliphatic heterocycles. The van der Waals surface area contributed by atoms with Gasteiger partial charge in [-0.2, -0.15) is 0 Å². The van der Waals surface area contributed by atoms with E-state index in [0.29, 0.717) is 24.0 Å². The number of hydrogen-bond acceptors (Lipinski definition) is 5. The van der Waals surface area contributed by atoms with Crippen LogP contribution >= 0.6 is 23.2 Å². The summed E-state index contributed by atoms with van der Waals surface area (Å²) < 4.78 is 16.1. The van der Waals surface area contributed by atoms with Crippen LogP contribution in [0, 0.1) is 0 Å². The highest BCUT2D eigenvalue weighted by Crippen LogP contribution is 2.27. The topological polar surface area (TPSA) is 73.9 Å². The molecule has 0 saturated carbocycles. The van der Waals surface area contributed by atoms with Crippen LogP contribution in [0.5, 0.6) is 11.5 Å². The minimum Gasteiger partial charge on any atom is -0.494 e. The summed E-state index contributed by atoms with van der Waals surface area (Å²) in [5, 5.41) is 3.30. The molecule has 6 nitrogen and oxygen atoms in total. The Morgan fingerprint density at radius 3 is 2.25 bits per heavy atom. The molecule has 0 aliphatic rings. The average molecular weight is 474 g/mol. The predicted molar refractivity (Wildman–Crippen MR) is 124 cm³/mol. The van der Waals surface area contributed by atoms with E-state index >= 15 is 0 Å². The molecule has 0 aliphatic carbocycles. The summed E-state index contributed by atoms with van der Waals surface area (Å²) in [6.45, 7) is 2.81. The predicted octanol–water partition coefficient (Wildman–Crippen LogP) is 6.01. The highest BCUT2D eigenvalue weighted by atomic mass is 35.5. The van der Waals surface area contributed by atoms with E-state index in [-0.39, 0.29) is 21.8 Å². The summed E-state index contributed by atoms with van der Waals surface area (Å²) in [5.41, 5.74) is 1.57. The van der Waals surface area contributed by atoms with E-state index in [0.717, 1.165) is 11.3 Å². The zero-order valence-electron chi connectivity index (χ0n) is 17.5. The zero-order valence-corrected chi connectivity index (χ0v) is 19.0. The van der Waals surface area contributed by atoms with Gasteiger partial charge in [-0.25, -0.2) is 4.79 Å². The maximum atomic E-state index is 12.6. The number of amides is 1. The van der Waals surface area contributed by atoms with Gasteiger partial charge < -0.3 is 19.5 Å². The molecule has 3 aromatic carbocycles. The molecule has 166 valence electrons. The van der Waals surface area contributed by atoms with Crippen molar-refractivity contribution in [2.45, 2.75) is 13.5 Å². The molecule has 0 saturated heterocycles. The number of carbonyl (C=O) groups excluding carboxylic acids is 2. The number of rotatable bonds is 8. The number of halogens is 2. The fraction of sp³-hybridized carbons (Fsp3) is 0.167. The molecule has 0 spiro atoms. The van der Waals surface area contributed by atoms with Crippen molar-refractivity contribution in [3.8, 4) is 11.5 Å². The fourth-order valence-corrected chi connectivity index (χ4v) is 3.37. The second-order valence-electron chi connectivity index (χ2n) is 6.64. The molecule has 8 heteroatoms. The number of methoxy groups -OCH3 is 1. The minimum atomic E-state index is -0.617. The van der Waals surface area contributed by atoms with Gasteiger partial charge in [0.2, 0.25) is 0 Å². The van der Waals surface area contributed by atoms with E-state index in [1.54, 1.807) is 18.2 Å². The van der Waals surface area contributed by atoms with Gasteiger partial charge >= 0.3 is 5.97 Å². The lowest BCUT2D eigenvalue weighted by atomic mass is 10.1. The van der Waals surface area contributed by atoms with Crippen LogP contribution < -0.4 is 14.8 Å². The molecule has 3 rings (SSSR count). The third kappa shape index (κ3) is 5.93. The Morgan fingerprint density at radius 1 is 0.875 bits per heavy atom. The first-order chi connectivity index (χ1) is 15.4. The Kier molecular flexibility index (Phi) is 7.98. The number of hydrogen-bond donors (Lipinski definition) is 1. The van der Waals surface area contributed by atoms with Gasteiger partial charge in [0.25, 0.3) is 5.91 Å². The smallest absolute Gasteiger partial charge is 0.340 e. The van der Waals surface area contributed by atoms with Crippen LogP contribution in [0.2, 0.25) is 10.0 Å². The standard InChI is InChI=1S/C24H21Cl2NO5/c1-3-31-17-7-4-15(5-8-17)14-32-18-9-11-22(20(13-18)24(29)30-2)27-23(28)19-10-6-16(25)12-21(19)26/h4-13H,3,14H2,1-2H3,(H,27,28). The number of nitrogens with one attached hydrogen (secondary N) is 1.